The zero-order chi connectivity index (χ0) is 25.1. The lowest BCUT2D eigenvalue weighted by Gasteiger charge is -2.42. The molecule has 1 aliphatic rings. The van der Waals surface area contributed by atoms with E-state index < -0.39 is 12.0 Å². The number of ether oxygens (including phenoxy) is 1. The highest BCUT2D eigenvalue weighted by Gasteiger charge is 2.44. The van der Waals surface area contributed by atoms with Gasteiger partial charge in [0.25, 0.3) is 5.91 Å². The summed E-state index contributed by atoms with van der Waals surface area (Å²) < 4.78 is 5.14. The average Bonchev–Trinajstić information content (AvgIpc) is 2.91. The van der Waals surface area contributed by atoms with Crippen LogP contribution in [0.25, 0.3) is 10.9 Å². The van der Waals surface area contributed by atoms with Crippen molar-refractivity contribution in [3.63, 3.8) is 0 Å². The smallest absolute Gasteiger partial charge is 0.255 e. The van der Waals surface area contributed by atoms with Gasteiger partial charge >= 0.3 is 0 Å². The maximum atomic E-state index is 13.9. The molecule has 2 heterocycles. The molecule has 3 aromatic carbocycles. The molecular formula is C29H26ClN3O3. The van der Waals surface area contributed by atoms with Gasteiger partial charge < -0.3 is 15.0 Å². The van der Waals surface area contributed by atoms with Gasteiger partial charge in [0, 0.05) is 42.4 Å². The number of amides is 2. The van der Waals surface area contributed by atoms with Gasteiger partial charge in [-0.25, -0.2) is 0 Å². The molecule has 182 valence electrons. The third kappa shape index (κ3) is 4.70. The van der Waals surface area contributed by atoms with Crippen molar-refractivity contribution in [3.05, 3.63) is 112 Å². The van der Waals surface area contributed by atoms with E-state index in [9.17, 15) is 9.59 Å². The Morgan fingerprint density at radius 3 is 2.61 bits per heavy atom. The van der Waals surface area contributed by atoms with Crippen molar-refractivity contribution in [1.82, 2.24) is 15.2 Å². The Hall–Kier alpha value is -3.74. The average molecular weight is 500 g/mol. The third-order valence-corrected chi connectivity index (χ3v) is 6.80. The van der Waals surface area contributed by atoms with Crippen molar-refractivity contribution >= 4 is 34.3 Å². The molecule has 0 aliphatic carbocycles. The number of hydrogen-bond donors (Lipinski definition) is 1. The molecule has 0 saturated heterocycles. The molecule has 0 saturated carbocycles. The summed E-state index contributed by atoms with van der Waals surface area (Å²) in [6.07, 6.45) is 1.78. The van der Waals surface area contributed by atoms with Crippen molar-refractivity contribution in [2.75, 3.05) is 20.3 Å². The topological polar surface area (TPSA) is 71.5 Å². The Labute approximate surface area is 214 Å². The highest BCUT2D eigenvalue weighted by Crippen LogP contribution is 2.44. The summed E-state index contributed by atoms with van der Waals surface area (Å²) in [5.41, 5.74) is 3.82. The van der Waals surface area contributed by atoms with Gasteiger partial charge in [-0.2, -0.15) is 0 Å². The molecule has 0 spiro atoms. The maximum Gasteiger partial charge on any atom is 0.255 e. The molecule has 0 radical (unpaired) electrons. The standard InChI is InChI=1S/C29H26ClN3O3/c1-36-15-14-31-28(34)26-23-7-3-4-8-24(23)29(35)33(18-19-10-12-22(30)13-11-19)27(26)21-16-20-6-2-5-9-25(20)32-17-21/h2-13,16-17,26-27H,14-15,18H2,1H3,(H,31,34). The minimum atomic E-state index is -0.619. The molecule has 2 amide bonds. The van der Waals surface area contributed by atoms with E-state index in [0.29, 0.717) is 35.8 Å². The molecule has 6 nitrogen and oxygen atoms in total. The van der Waals surface area contributed by atoms with Crippen LogP contribution in [-0.4, -0.2) is 42.0 Å². The van der Waals surface area contributed by atoms with Crippen molar-refractivity contribution in [3.8, 4) is 0 Å². The zero-order valence-electron chi connectivity index (χ0n) is 19.9. The van der Waals surface area contributed by atoms with Crippen LogP contribution in [0.3, 0.4) is 0 Å². The minimum Gasteiger partial charge on any atom is -0.383 e. The first-order chi connectivity index (χ1) is 17.6. The van der Waals surface area contributed by atoms with Gasteiger partial charge in [0.05, 0.1) is 24.1 Å². The third-order valence-electron chi connectivity index (χ3n) is 6.55. The van der Waals surface area contributed by atoms with Crippen LogP contribution in [0.5, 0.6) is 0 Å². The van der Waals surface area contributed by atoms with Crippen LogP contribution in [0.15, 0.2) is 85.1 Å². The number of rotatable bonds is 7. The number of hydrogen-bond acceptors (Lipinski definition) is 4. The Morgan fingerprint density at radius 1 is 1.06 bits per heavy atom. The van der Waals surface area contributed by atoms with Gasteiger partial charge in [-0.15, -0.1) is 0 Å². The summed E-state index contributed by atoms with van der Waals surface area (Å²) in [5.74, 6) is -0.906. The normalized spacial score (nSPS) is 17.2. The number of halogens is 1. The zero-order valence-corrected chi connectivity index (χ0v) is 20.6. The summed E-state index contributed by atoms with van der Waals surface area (Å²) in [4.78, 5) is 34.0. The lowest BCUT2D eigenvalue weighted by molar-refractivity contribution is -0.124. The fourth-order valence-electron chi connectivity index (χ4n) is 4.84. The number of nitrogens with one attached hydrogen (secondary N) is 1. The van der Waals surface area contributed by atoms with Gasteiger partial charge in [-0.1, -0.05) is 60.1 Å². The first-order valence-electron chi connectivity index (χ1n) is 11.8. The van der Waals surface area contributed by atoms with Gasteiger partial charge in [-0.05, 0) is 47.0 Å². The Bertz CT molecular complexity index is 1410. The van der Waals surface area contributed by atoms with Crippen LogP contribution in [0, 0.1) is 0 Å². The molecule has 0 fully saturated rings. The maximum absolute atomic E-state index is 13.9. The quantitative estimate of drug-likeness (QED) is 0.358. The summed E-state index contributed by atoms with van der Waals surface area (Å²) in [6, 6.07) is 24.1. The molecule has 1 aliphatic heterocycles. The molecule has 1 N–H and O–H groups in total. The second-order valence-corrected chi connectivity index (χ2v) is 9.25. The second-order valence-electron chi connectivity index (χ2n) is 8.81. The monoisotopic (exact) mass is 499 g/mol. The van der Waals surface area contributed by atoms with Crippen LogP contribution in [0.4, 0.5) is 0 Å². The first kappa shape index (κ1) is 24.0. The number of carbonyl (C=O) groups excluding carboxylic acids is 2. The second kappa shape index (κ2) is 10.5. The van der Waals surface area contributed by atoms with Gasteiger partial charge in [-0.3, -0.25) is 14.6 Å². The predicted molar refractivity (Wildman–Crippen MR) is 140 cm³/mol. The fourth-order valence-corrected chi connectivity index (χ4v) is 4.97. The summed E-state index contributed by atoms with van der Waals surface area (Å²) in [7, 11) is 1.60. The largest absolute Gasteiger partial charge is 0.383 e. The van der Waals surface area contributed by atoms with Gasteiger partial charge in [0.1, 0.15) is 0 Å². The Balaban J connectivity index is 1.65. The van der Waals surface area contributed by atoms with E-state index in [1.165, 1.54) is 0 Å². The first-order valence-corrected chi connectivity index (χ1v) is 12.2. The van der Waals surface area contributed by atoms with Crippen LogP contribution >= 0.6 is 11.6 Å². The van der Waals surface area contributed by atoms with E-state index in [2.05, 4.69) is 10.3 Å². The van der Waals surface area contributed by atoms with Crippen molar-refractivity contribution in [1.29, 1.82) is 0 Å². The fraction of sp³-hybridized carbons (Fsp3) is 0.207. The number of fused-ring (bicyclic) bond motifs is 2. The molecule has 2 unspecified atom stereocenters. The lowest BCUT2D eigenvalue weighted by Crippen LogP contribution is -2.47. The van der Waals surface area contributed by atoms with Crippen molar-refractivity contribution in [2.24, 2.45) is 0 Å². The molecule has 0 bridgehead atoms. The predicted octanol–water partition coefficient (Wildman–Crippen LogP) is 5.13. The number of pyridine rings is 1. The SMILES string of the molecule is COCCNC(=O)C1c2ccccc2C(=O)N(Cc2ccc(Cl)cc2)C1c1cnc2ccccc2c1. The van der Waals surface area contributed by atoms with Gasteiger partial charge in [0.2, 0.25) is 5.91 Å². The van der Waals surface area contributed by atoms with E-state index in [1.807, 2.05) is 60.7 Å². The molecule has 5 rings (SSSR count). The number of benzene rings is 3. The Kier molecular flexibility index (Phi) is 6.98. The Morgan fingerprint density at radius 2 is 1.81 bits per heavy atom. The number of carbonyl (C=O) groups is 2. The molecular weight excluding hydrogens is 474 g/mol. The molecule has 1 aromatic heterocycles. The molecule has 7 heteroatoms. The van der Waals surface area contributed by atoms with Crippen LogP contribution in [-0.2, 0) is 16.1 Å². The highest BCUT2D eigenvalue weighted by molar-refractivity contribution is 6.30. The summed E-state index contributed by atoms with van der Waals surface area (Å²) >= 11 is 6.10. The van der Waals surface area contributed by atoms with E-state index in [-0.39, 0.29) is 11.8 Å². The number of nitrogens with zero attached hydrogens (tertiary/aromatic N) is 2. The lowest BCUT2D eigenvalue weighted by atomic mass is 9.79. The van der Waals surface area contributed by atoms with E-state index in [0.717, 1.165) is 22.0 Å². The molecule has 4 aromatic rings. The van der Waals surface area contributed by atoms with E-state index in [1.54, 1.807) is 36.4 Å². The number of methoxy groups -OCH3 is 1. The summed E-state index contributed by atoms with van der Waals surface area (Å²) in [5, 5.41) is 4.57. The van der Waals surface area contributed by atoms with Crippen LogP contribution in [0.1, 0.15) is 39.0 Å². The number of para-hydroxylation sites is 1. The van der Waals surface area contributed by atoms with E-state index >= 15 is 0 Å². The minimum absolute atomic E-state index is 0.125. The van der Waals surface area contributed by atoms with Gasteiger partial charge in [0.15, 0.2) is 0 Å². The molecule has 36 heavy (non-hydrogen) atoms. The number of aromatic nitrogens is 1. The van der Waals surface area contributed by atoms with Crippen molar-refractivity contribution < 1.29 is 14.3 Å². The van der Waals surface area contributed by atoms with Crippen LogP contribution in [0.2, 0.25) is 5.02 Å². The molecule has 2 atom stereocenters. The van der Waals surface area contributed by atoms with E-state index in [4.69, 9.17) is 16.3 Å². The summed E-state index contributed by atoms with van der Waals surface area (Å²) in [6.45, 7) is 1.10. The van der Waals surface area contributed by atoms with Crippen LogP contribution < -0.4 is 5.32 Å². The van der Waals surface area contributed by atoms with Crippen molar-refractivity contribution in [2.45, 2.75) is 18.5 Å². The highest BCUT2D eigenvalue weighted by atomic mass is 35.5.